The molecule has 2 rings (SSSR count). The van der Waals surface area contributed by atoms with Gasteiger partial charge in [-0.3, -0.25) is 10.1 Å². The van der Waals surface area contributed by atoms with Crippen molar-refractivity contribution < 1.29 is 31.5 Å². The zero-order valence-electron chi connectivity index (χ0n) is 16.3. The predicted octanol–water partition coefficient (Wildman–Crippen LogP) is 1.75. The Kier molecular flexibility index (Phi) is 7.58. The molecule has 164 valence electrons. The van der Waals surface area contributed by atoms with Crippen LogP contribution in [0.4, 0.5) is 13.6 Å². The van der Waals surface area contributed by atoms with Crippen LogP contribution in [0.3, 0.4) is 0 Å². The third kappa shape index (κ3) is 7.97. The summed E-state index contributed by atoms with van der Waals surface area (Å²) in [7, 11) is -3.55. The minimum atomic E-state index is -3.55. The lowest BCUT2D eigenvalue weighted by Crippen LogP contribution is -2.30. The first-order valence-corrected chi connectivity index (χ1v) is 10.9. The summed E-state index contributed by atoms with van der Waals surface area (Å²) >= 11 is 0. The summed E-state index contributed by atoms with van der Waals surface area (Å²) in [6.45, 7) is 2.02. The number of rotatable bonds is 12. The van der Waals surface area contributed by atoms with Crippen LogP contribution in [0.15, 0.2) is 12.1 Å². The van der Waals surface area contributed by atoms with E-state index in [0.717, 1.165) is 6.92 Å². The van der Waals surface area contributed by atoms with Crippen molar-refractivity contribution in [1.29, 1.82) is 0 Å². The zero-order chi connectivity index (χ0) is 21.7. The number of carbonyl (C=O) groups is 2. The van der Waals surface area contributed by atoms with Gasteiger partial charge in [-0.25, -0.2) is 26.7 Å². The minimum absolute atomic E-state index is 0.0357. The van der Waals surface area contributed by atoms with Gasteiger partial charge in [0.05, 0.1) is 11.8 Å². The number of imide groups is 1. The Bertz CT molecular complexity index is 822. The topological polar surface area (TPSA) is 121 Å². The molecule has 0 aliphatic carbocycles. The maximum Gasteiger partial charge on any atom is 0.324 e. The summed E-state index contributed by atoms with van der Waals surface area (Å²) in [6.07, 6.45) is 1.57. The van der Waals surface area contributed by atoms with Gasteiger partial charge in [-0.05, 0) is 31.9 Å². The number of aromatic amines is 1. The molecule has 1 atom stereocenters. The summed E-state index contributed by atoms with van der Waals surface area (Å²) in [5, 5.41) is 2.18. The highest BCUT2D eigenvalue weighted by Crippen LogP contribution is 2.20. The molecule has 1 fully saturated rings. The summed E-state index contributed by atoms with van der Waals surface area (Å²) in [5.74, 6) is -3.25. The molecule has 0 bridgehead atoms. The molecule has 0 saturated carbocycles. The fourth-order valence-corrected chi connectivity index (χ4v) is 4.13. The highest BCUT2D eigenvalue weighted by Gasteiger charge is 2.26. The first-order valence-electron chi connectivity index (χ1n) is 9.23. The minimum Gasteiger partial charge on any atom is -0.473 e. The molecule has 29 heavy (non-hydrogen) atoms. The second-order valence-electron chi connectivity index (χ2n) is 7.13. The highest BCUT2D eigenvalue weighted by molar-refractivity contribution is 7.89. The summed E-state index contributed by atoms with van der Waals surface area (Å²) in [6, 6.07) is 2.03. The van der Waals surface area contributed by atoms with Gasteiger partial charge in [0.1, 0.15) is 6.54 Å². The number of aromatic nitrogens is 1. The van der Waals surface area contributed by atoms with Crippen molar-refractivity contribution in [2.75, 3.05) is 25.4 Å². The summed E-state index contributed by atoms with van der Waals surface area (Å²) in [4.78, 5) is 26.6. The van der Waals surface area contributed by atoms with E-state index in [-0.39, 0.29) is 24.1 Å². The van der Waals surface area contributed by atoms with Gasteiger partial charge in [-0.15, -0.1) is 0 Å². The third-order valence-electron chi connectivity index (χ3n) is 4.19. The molecular formula is C17H26F2N4O5S. The summed E-state index contributed by atoms with van der Waals surface area (Å²) in [5.41, 5.74) is 0.493. The van der Waals surface area contributed by atoms with Gasteiger partial charge >= 0.3 is 6.03 Å². The lowest BCUT2D eigenvalue weighted by molar-refractivity contribution is -0.118. The molecule has 1 saturated heterocycles. The number of nitrogens with one attached hydrogen (secondary N) is 3. The largest absolute Gasteiger partial charge is 0.473 e. The van der Waals surface area contributed by atoms with Crippen molar-refractivity contribution in [3.05, 3.63) is 17.8 Å². The number of ether oxygens (including phenoxy) is 1. The zero-order valence-corrected chi connectivity index (χ0v) is 17.2. The second-order valence-corrected chi connectivity index (χ2v) is 9.00. The molecule has 1 aliphatic rings. The van der Waals surface area contributed by atoms with Crippen molar-refractivity contribution in [3.8, 4) is 5.88 Å². The van der Waals surface area contributed by atoms with Gasteiger partial charge in [-0.1, -0.05) is 6.42 Å². The van der Waals surface area contributed by atoms with E-state index in [1.165, 1.54) is 11.0 Å². The molecule has 3 amide bonds. The van der Waals surface area contributed by atoms with Crippen LogP contribution in [0.25, 0.3) is 0 Å². The number of alkyl halides is 2. The predicted molar refractivity (Wildman–Crippen MR) is 101 cm³/mol. The Morgan fingerprint density at radius 3 is 2.62 bits per heavy atom. The number of nitrogens with zero attached hydrogens (tertiary/aromatic N) is 1. The lowest BCUT2D eigenvalue weighted by atomic mass is 10.2. The van der Waals surface area contributed by atoms with E-state index in [2.05, 4.69) is 15.0 Å². The monoisotopic (exact) mass is 436 g/mol. The quantitative estimate of drug-likeness (QED) is 0.341. The number of hydrogen-bond donors (Lipinski definition) is 3. The normalized spacial score (nSPS) is 16.2. The van der Waals surface area contributed by atoms with Gasteiger partial charge in [0.25, 0.3) is 5.92 Å². The van der Waals surface area contributed by atoms with Crippen molar-refractivity contribution >= 4 is 22.0 Å². The number of sulfonamides is 1. The van der Waals surface area contributed by atoms with Gasteiger partial charge in [-0.2, -0.15) is 0 Å². The van der Waals surface area contributed by atoms with Gasteiger partial charge in [0.2, 0.25) is 15.9 Å². The van der Waals surface area contributed by atoms with E-state index < -0.39 is 34.6 Å². The van der Waals surface area contributed by atoms with Gasteiger partial charge in [0, 0.05) is 19.2 Å². The highest BCUT2D eigenvalue weighted by atomic mass is 32.2. The number of urea groups is 1. The van der Waals surface area contributed by atoms with Crippen molar-refractivity contribution in [2.45, 2.75) is 45.1 Å². The van der Waals surface area contributed by atoms with Crippen LogP contribution in [0.1, 0.15) is 44.8 Å². The fourth-order valence-electron chi connectivity index (χ4n) is 2.76. The maximum atomic E-state index is 12.8. The number of unbranched alkanes of at least 4 members (excludes halogenated alkanes) is 2. The van der Waals surface area contributed by atoms with Crippen LogP contribution in [-0.4, -0.2) is 61.6 Å². The molecule has 1 aliphatic heterocycles. The van der Waals surface area contributed by atoms with Crippen LogP contribution < -0.4 is 14.8 Å². The smallest absolute Gasteiger partial charge is 0.324 e. The molecule has 12 heteroatoms. The number of amides is 3. The van der Waals surface area contributed by atoms with Crippen LogP contribution in [-0.2, 0) is 14.8 Å². The fraction of sp³-hybridized carbons (Fsp3) is 0.647. The first-order chi connectivity index (χ1) is 13.5. The summed E-state index contributed by atoms with van der Waals surface area (Å²) < 4.78 is 57.6. The Morgan fingerprint density at radius 1 is 1.28 bits per heavy atom. The van der Waals surface area contributed by atoms with E-state index >= 15 is 0 Å². The molecule has 1 aromatic heterocycles. The lowest BCUT2D eigenvalue weighted by Gasteiger charge is -2.14. The Hall–Kier alpha value is -2.21. The number of carbonyl (C=O) groups excluding carboxylic acids is 2. The van der Waals surface area contributed by atoms with Crippen molar-refractivity contribution in [3.63, 3.8) is 0 Å². The van der Waals surface area contributed by atoms with Gasteiger partial charge in [0.15, 0.2) is 12.5 Å². The van der Waals surface area contributed by atoms with Crippen LogP contribution in [0, 0.1) is 0 Å². The van der Waals surface area contributed by atoms with Crippen LogP contribution in [0.5, 0.6) is 5.88 Å². The molecule has 1 unspecified atom stereocenters. The molecule has 0 radical (unpaired) electrons. The Labute approximate surface area is 168 Å². The van der Waals surface area contributed by atoms with E-state index in [0.29, 0.717) is 31.5 Å². The molecule has 9 nitrogen and oxygen atoms in total. The second kappa shape index (κ2) is 9.53. The standard InChI is InChI=1S/C17H26F2N4O5S/c1-12(13-6-7-15(20-13)28-11-17(2,18)19)22-29(26,27)9-5-3-4-8-23-10-14(24)21-16(23)25/h6-7,12,20,22H,3-5,8-11H2,1-2H3,(H,21,24,25). The van der Waals surface area contributed by atoms with Gasteiger partial charge < -0.3 is 14.6 Å². The maximum absolute atomic E-state index is 12.8. The van der Waals surface area contributed by atoms with Crippen LogP contribution >= 0.6 is 0 Å². The van der Waals surface area contributed by atoms with Crippen molar-refractivity contribution in [2.24, 2.45) is 0 Å². The number of hydrogen-bond acceptors (Lipinski definition) is 5. The molecule has 3 N–H and O–H groups in total. The Balaban J connectivity index is 1.71. The average molecular weight is 436 g/mol. The van der Waals surface area contributed by atoms with E-state index in [4.69, 9.17) is 4.74 Å². The SMILES string of the molecule is CC(NS(=O)(=O)CCCCCN1CC(=O)NC1=O)c1ccc(OCC(C)(F)F)[nH]1. The average Bonchev–Trinajstić information content (AvgIpc) is 3.18. The molecule has 1 aromatic rings. The third-order valence-corrected chi connectivity index (χ3v) is 5.73. The molecular weight excluding hydrogens is 410 g/mol. The van der Waals surface area contributed by atoms with Crippen molar-refractivity contribution in [1.82, 2.24) is 19.9 Å². The molecule has 2 heterocycles. The van der Waals surface area contributed by atoms with E-state index in [1.807, 2.05) is 0 Å². The Morgan fingerprint density at radius 2 is 2.00 bits per heavy atom. The molecule has 0 spiro atoms. The van der Waals surface area contributed by atoms with E-state index in [9.17, 15) is 26.8 Å². The van der Waals surface area contributed by atoms with E-state index in [1.54, 1.807) is 13.0 Å². The first kappa shape index (κ1) is 23.1. The molecule has 0 aromatic carbocycles. The number of halogens is 2. The number of H-pyrrole nitrogens is 1. The van der Waals surface area contributed by atoms with Crippen LogP contribution in [0.2, 0.25) is 0 Å².